The van der Waals surface area contributed by atoms with Crippen LogP contribution in [-0.2, 0) is 6.42 Å². The van der Waals surface area contributed by atoms with Crippen molar-refractivity contribution in [2.75, 3.05) is 0 Å². The fourth-order valence-electron chi connectivity index (χ4n) is 2.32. The summed E-state index contributed by atoms with van der Waals surface area (Å²) in [5.41, 5.74) is 6.09. The molecular weight excluding hydrogens is 228 g/mol. The summed E-state index contributed by atoms with van der Waals surface area (Å²) in [4.78, 5) is 1.25. The van der Waals surface area contributed by atoms with Crippen LogP contribution in [0.4, 0.5) is 8.78 Å². The Morgan fingerprint density at radius 3 is 2.69 bits per heavy atom. The molecule has 0 bridgehead atoms. The SMILES string of the molecule is NC(Cc1cccs1)C1CCC(F)(F)CC1. The molecule has 1 aromatic heterocycles. The maximum Gasteiger partial charge on any atom is 0.248 e. The number of hydrogen-bond donors (Lipinski definition) is 1. The van der Waals surface area contributed by atoms with Crippen LogP contribution in [0.15, 0.2) is 17.5 Å². The number of halogens is 2. The molecule has 16 heavy (non-hydrogen) atoms. The molecule has 1 saturated carbocycles. The average molecular weight is 245 g/mol. The smallest absolute Gasteiger partial charge is 0.248 e. The zero-order chi connectivity index (χ0) is 11.6. The van der Waals surface area contributed by atoms with Gasteiger partial charge in [-0.1, -0.05) is 6.07 Å². The van der Waals surface area contributed by atoms with Gasteiger partial charge in [0.05, 0.1) is 0 Å². The quantitative estimate of drug-likeness (QED) is 0.867. The predicted molar refractivity (Wildman–Crippen MR) is 62.9 cm³/mol. The van der Waals surface area contributed by atoms with E-state index in [1.807, 2.05) is 11.4 Å². The highest BCUT2D eigenvalue weighted by Crippen LogP contribution is 2.37. The second kappa shape index (κ2) is 4.80. The molecule has 90 valence electrons. The summed E-state index contributed by atoms with van der Waals surface area (Å²) in [7, 11) is 0. The van der Waals surface area contributed by atoms with Gasteiger partial charge in [0.2, 0.25) is 5.92 Å². The lowest BCUT2D eigenvalue weighted by atomic mass is 9.81. The third kappa shape index (κ3) is 3.01. The van der Waals surface area contributed by atoms with Gasteiger partial charge in [-0.15, -0.1) is 11.3 Å². The molecule has 1 fully saturated rings. The van der Waals surface area contributed by atoms with E-state index >= 15 is 0 Å². The van der Waals surface area contributed by atoms with Crippen molar-refractivity contribution in [1.29, 1.82) is 0 Å². The Labute approximate surface area is 98.7 Å². The Hall–Kier alpha value is -0.480. The second-order valence-electron chi connectivity index (χ2n) is 4.64. The average Bonchev–Trinajstić information content (AvgIpc) is 2.70. The van der Waals surface area contributed by atoms with Gasteiger partial charge in [-0.3, -0.25) is 0 Å². The largest absolute Gasteiger partial charge is 0.327 e. The zero-order valence-corrected chi connectivity index (χ0v) is 9.98. The van der Waals surface area contributed by atoms with Crippen LogP contribution in [0.3, 0.4) is 0 Å². The van der Waals surface area contributed by atoms with Crippen LogP contribution in [0, 0.1) is 5.92 Å². The first-order chi connectivity index (χ1) is 7.57. The lowest BCUT2D eigenvalue weighted by molar-refractivity contribution is -0.0481. The van der Waals surface area contributed by atoms with Gasteiger partial charge in [0.1, 0.15) is 0 Å². The first-order valence-electron chi connectivity index (χ1n) is 5.73. The molecule has 1 nitrogen and oxygen atoms in total. The molecule has 2 N–H and O–H groups in total. The van der Waals surface area contributed by atoms with Gasteiger partial charge in [-0.25, -0.2) is 8.78 Å². The number of thiophene rings is 1. The maximum absolute atomic E-state index is 13.0. The normalized spacial score (nSPS) is 23.2. The fourth-order valence-corrected chi connectivity index (χ4v) is 3.10. The van der Waals surface area contributed by atoms with Gasteiger partial charge >= 0.3 is 0 Å². The van der Waals surface area contributed by atoms with E-state index in [2.05, 4.69) is 6.07 Å². The van der Waals surface area contributed by atoms with Crippen molar-refractivity contribution in [2.24, 2.45) is 11.7 Å². The fraction of sp³-hybridized carbons (Fsp3) is 0.667. The molecule has 1 unspecified atom stereocenters. The van der Waals surface area contributed by atoms with Crippen LogP contribution in [0.2, 0.25) is 0 Å². The van der Waals surface area contributed by atoms with E-state index in [4.69, 9.17) is 5.73 Å². The van der Waals surface area contributed by atoms with Gasteiger partial charge in [0.25, 0.3) is 0 Å². The molecular formula is C12H17F2NS. The summed E-state index contributed by atoms with van der Waals surface area (Å²) in [5.74, 6) is -2.18. The molecule has 1 heterocycles. The third-order valence-electron chi connectivity index (χ3n) is 3.38. The van der Waals surface area contributed by atoms with Crippen molar-refractivity contribution in [3.63, 3.8) is 0 Å². The number of hydrogen-bond acceptors (Lipinski definition) is 2. The minimum atomic E-state index is -2.45. The molecule has 4 heteroatoms. The molecule has 0 amide bonds. The van der Waals surface area contributed by atoms with Crippen molar-refractivity contribution in [1.82, 2.24) is 0 Å². The van der Waals surface area contributed by atoms with Crippen LogP contribution in [-0.4, -0.2) is 12.0 Å². The van der Waals surface area contributed by atoms with Crippen LogP contribution in [0.25, 0.3) is 0 Å². The standard InChI is InChI=1S/C12H17F2NS/c13-12(14)5-3-9(4-6-12)11(15)8-10-2-1-7-16-10/h1-2,7,9,11H,3-6,8,15H2. The molecule has 0 aromatic carbocycles. The Bertz CT molecular complexity index is 314. The number of rotatable bonds is 3. The number of nitrogens with two attached hydrogens (primary N) is 1. The predicted octanol–water partition coefficient (Wildman–Crippen LogP) is 3.44. The Balaban J connectivity index is 1.85. The zero-order valence-electron chi connectivity index (χ0n) is 9.16. The summed E-state index contributed by atoms with van der Waals surface area (Å²) < 4.78 is 26.0. The molecule has 1 aliphatic carbocycles. The lowest BCUT2D eigenvalue weighted by Crippen LogP contribution is -2.37. The van der Waals surface area contributed by atoms with Crippen LogP contribution in [0.5, 0.6) is 0 Å². The van der Waals surface area contributed by atoms with Gasteiger partial charge in [-0.05, 0) is 36.6 Å². The Morgan fingerprint density at radius 1 is 1.44 bits per heavy atom. The number of alkyl halides is 2. The molecule has 1 aliphatic rings. The van der Waals surface area contributed by atoms with Crippen molar-refractivity contribution < 1.29 is 8.78 Å². The lowest BCUT2D eigenvalue weighted by Gasteiger charge is -2.31. The van der Waals surface area contributed by atoms with Crippen LogP contribution >= 0.6 is 11.3 Å². The van der Waals surface area contributed by atoms with Gasteiger partial charge in [-0.2, -0.15) is 0 Å². The first-order valence-corrected chi connectivity index (χ1v) is 6.60. The minimum absolute atomic E-state index is 0.00973. The summed E-state index contributed by atoms with van der Waals surface area (Å²) >= 11 is 1.69. The van der Waals surface area contributed by atoms with E-state index in [0.29, 0.717) is 12.8 Å². The van der Waals surface area contributed by atoms with Crippen molar-refractivity contribution in [3.05, 3.63) is 22.4 Å². The Morgan fingerprint density at radius 2 is 2.12 bits per heavy atom. The third-order valence-corrected chi connectivity index (χ3v) is 4.28. The highest BCUT2D eigenvalue weighted by Gasteiger charge is 2.36. The summed E-state index contributed by atoms with van der Waals surface area (Å²) in [6.07, 6.45) is 1.98. The molecule has 2 rings (SSSR count). The van der Waals surface area contributed by atoms with Crippen LogP contribution < -0.4 is 5.73 Å². The molecule has 1 aromatic rings. The van der Waals surface area contributed by atoms with Crippen LogP contribution in [0.1, 0.15) is 30.6 Å². The van der Waals surface area contributed by atoms with Gasteiger partial charge in [0, 0.05) is 23.8 Å². The molecule has 0 aliphatic heterocycles. The summed E-state index contributed by atoms with van der Waals surface area (Å²) in [6, 6.07) is 4.10. The topological polar surface area (TPSA) is 26.0 Å². The van der Waals surface area contributed by atoms with E-state index in [0.717, 1.165) is 6.42 Å². The molecule has 0 saturated heterocycles. The minimum Gasteiger partial charge on any atom is -0.327 e. The van der Waals surface area contributed by atoms with Gasteiger partial charge in [0.15, 0.2) is 0 Å². The van der Waals surface area contributed by atoms with E-state index in [1.54, 1.807) is 11.3 Å². The van der Waals surface area contributed by atoms with Gasteiger partial charge < -0.3 is 5.73 Å². The monoisotopic (exact) mass is 245 g/mol. The summed E-state index contributed by atoms with van der Waals surface area (Å²) in [5, 5.41) is 2.02. The second-order valence-corrected chi connectivity index (χ2v) is 5.67. The summed E-state index contributed by atoms with van der Waals surface area (Å²) in [6.45, 7) is 0. The van der Waals surface area contributed by atoms with E-state index in [9.17, 15) is 8.78 Å². The highest BCUT2D eigenvalue weighted by molar-refractivity contribution is 7.09. The van der Waals surface area contributed by atoms with E-state index < -0.39 is 5.92 Å². The van der Waals surface area contributed by atoms with Crippen molar-refractivity contribution in [3.8, 4) is 0 Å². The molecule has 0 spiro atoms. The van der Waals surface area contributed by atoms with Crippen molar-refractivity contribution >= 4 is 11.3 Å². The molecule has 1 atom stereocenters. The van der Waals surface area contributed by atoms with E-state index in [-0.39, 0.29) is 24.8 Å². The van der Waals surface area contributed by atoms with Crippen molar-refractivity contribution in [2.45, 2.75) is 44.1 Å². The Kier molecular flexibility index (Phi) is 3.60. The molecule has 0 radical (unpaired) electrons. The first kappa shape index (κ1) is 12.0. The highest BCUT2D eigenvalue weighted by atomic mass is 32.1. The maximum atomic E-state index is 13.0. The van der Waals surface area contributed by atoms with E-state index in [1.165, 1.54) is 4.88 Å².